The highest BCUT2D eigenvalue weighted by atomic mass is 16.5. The van der Waals surface area contributed by atoms with E-state index < -0.39 is 0 Å². The van der Waals surface area contributed by atoms with Gasteiger partial charge in [0.25, 0.3) is 0 Å². The van der Waals surface area contributed by atoms with Crippen LogP contribution in [0.1, 0.15) is 25.0 Å². The zero-order valence-electron chi connectivity index (χ0n) is 24.3. The lowest BCUT2D eigenvalue weighted by atomic mass is 9.76. The molecule has 0 aliphatic carbocycles. The molecule has 0 saturated carbocycles. The minimum absolute atomic E-state index is 0.327. The quantitative estimate of drug-likeness (QED) is 0.181. The van der Waals surface area contributed by atoms with Crippen LogP contribution in [0.2, 0.25) is 0 Å². The van der Waals surface area contributed by atoms with Gasteiger partial charge in [0, 0.05) is 27.9 Å². The molecule has 0 spiro atoms. The lowest BCUT2D eigenvalue weighted by molar-refractivity contribution is 0.483. The van der Waals surface area contributed by atoms with Crippen LogP contribution in [0, 0.1) is 0 Å². The first-order valence-corrected chi connectivity index (χ1v) is 14.3. The largest absolute Gasteiger partial charge is 0.457 e. The summed E-state index contributed by atoms with van der Waals surface area (Å²) in [6.07, 6.45) is 0. The summed E-state index contributed by atoms with van der Waals surface area (Å²) in [5.74, 6) is 3.05. The molecule has 43 heavy (non-hydrogen) atoms. The Morgan fingerprint density at radius 2 is 0.814 bits per heavy atom. The van der Waals surface area contributed by atoms with E-state index in [1.54, 1.807) is 0 Å². The molecule has 4 nitrogen and oxygen atoms in total. The van der Waals surface area contributed by atoms with E-state index in [1.165, 1.54) is 11.1 Å². The number of ether oxygens (including phenoxy) is 2. The lowest BCUT2D eigenvalue weighted by Gasteiger charge is -2.28. The summed E-state index contributed by atoms with van der Waals surface area (Å²) < 4.78 is 12.7. The molecule has 0 atom stereocenters. The van der Waals surface area contributed by atoms with E-state index in [-0.39, 0.29) is 5.41 Å². The third-order valence-corrected chi connectivity index (χ3v) is 7.79. The summed E-state index contributed by atoms with van der Waals surface area (Å²) in [6, 6.07) is 48.5. The Labute approximate surface area is 253 Å². The second kappa shape index (κ2) is 11.8. The second-order valence-corrected chi connectivity index (χ2v) is 11.1. The molecule has 0 saturated heterocycles. The van der Waals surface area contributed by atoms with Crippen LogP contribution < -0.4 is 20.9 Å². The first kappa shape index (κ1) is 27.7. The fraction of sp³-hybridized carbons (Fsp3) is 0.0769. The Morgan fingerprint density at radius 1 is 0.442 bits per heavy atom. The van der Waals surface area contributed by atoms with Crippen molar-refractivity contribution in [2.45, 2.75) is 19.3 Å². The molecule has 0 radical (unpaired) electrons. The van der Waals surface area contributed by atoms with Crippen LogP contribution in [0.15, 0.2) is 146 Å². The van der Waals surface area contributed by atoms with Gasteiger partial charge in [-0.05, 0) is 95.1 Å². The number of nitrogen functional groups attached to an aromatic ring is 2. The first-order chi connectivity index (χ1) is 20.9. The number of benzene rings is 6. The van der Waals surface area contributed by atoms with E-state index >= 15 is 0 Å². The van der Waals surface area contributed by atoms with Gasteiger partial charge in [-0.1, -0.05) is 86.6 Å². The number of rotatable bonds is 8. The van der Waals surface area contributed by atoms with Crippen molar-refractivity contribution in [3.05, 3.63) is 157 Å². The molecule has 4 heteroatoms. The normalized spacial score (nSPS) is 11.2. The highest BCUT2D eigenvalue weighted by Gasteiger charge is 2.26. The standard InChI is InChI=1S/C39H34N2O2/c1-39(2,29-13-23-37(42-33-19-15-31(40)16-20-33)35(25-29)27-9-5-3-6-10-27)30-14-24-38(43-34-21-17-32(41)18-22-34)36(26-30)28-11-7-4-8-12-28/h3-26H,40-41H2,1-2H3. The van der Waals surface area contributed by atoms with Crippen molar-refractivity contribution in [1.29, 1.82) is 0 Å². The van der Waals surface area contributed by atoms with E-state index in [0.29, 0.717) is 11.4 Å². The molecule has 4 N–H and O–H groups in total. The average Bonchev–Trinajstić information content (AvgIpc) is 3.04. The fourth-order valence-corrected chi connectivity index (χ4v) is 5.19. The van der Waals surface area contributed by atoms with Crippen LogP contribution in [0.4, 0.5) is 11.4 Å². The van der Waals surface area contributed by atoms with Crippen LogP contribution >= 0.6 is 0 Å². The zero-order valence-corrected chi connectivity index (χ0v) is 24.3. The molecule has 6 aromatic carbocycles. The summed E-state index contributed by atoms with van der Waals surface area (Å²) in [5, 5.41) is 0. The van der Waals surface area contributed by atoms with Crippen molar-refractivity contribution in [3.63, 3.8) is 0 Å². The molecule has 0 unspecified atom stereocenters. The topological polar surface area (TPSA) is 70.5 Å². The van der Waals surface area contributed by atoms with E-state index in [1.807, 2.05) is 84.9 Å². The van der Waals surface area contributed by atoms with Gasteiger partial charge in [0.15, 0.2) is 0 Å². The van der Waals surface area contributed by atoms with Gasteiger partial charge < -0.3 is 20.9 Å². The molecule has 0 amide bonds. The monoisotopic (exact) mass is 562 g/mol. The lowest BCUT2D eigenvalue weighted by Crippen LogP contribution is -2.19. The van der Waals surface area contributed by atoms with Crippen molar-refractivity contribution in [3.8, 4) is 45.3 Å². The van der Waals surface area contributed by atoms with Crippen LogP contribution in [0.5, 0.6) is 23.0 Å². The Hall–Kier alpha value is -5.48. The Bertz CT molecular complexity index is 1690. The van der Waals surface area contributed by atoms with Gasteiger partial charge in [0.2, 0.25) is 0 Å². The molecular formula is C39H34N2O2. The van der Waals surface area contributed by atoms with Gasteiger partial charge in [0.1, 0.15) is 23.0 Å². The molecular weight excluding hydrogens is 528 g/mol. The predicted molar refractivity (Wildman–Crippen MR) is 178 cm³/mol. The number of hydrogen-bond acceptors (Lipinski definition) is 4. The molecule has 0 aromatic heterocycles. The number of hydrogen-bond donors (Lipinski definition) is 2. The van der Waals surface area contributed by atoms with Crippen LogP contribution in [0.25, 0.3) is 22.3 Å². The van der Waals surface area contributed by atoms with Gasteiger partial charge in [-0.3, -0.25) is 0 Å². The van der Waals surface area contributed by atoms with Crippen molar-refractivity contribution in [2.75, 3.05) is 11.5 Å². The maximum Gasteiger partial charge on any atom is 0.135 e. The molecule has 0 aliphatic rings. The Morgan fingerprint density at radius 3 is 1.19 bits per heavy atom. The maximum atomic E-state index is 6.37. The molecule has 6 rings (SSSR count). The summed E-state index contributed by atoms with van der Waals surface area (Å²) in [5.41, 5.74) is 19.4. The van der Waals surface area contributed by atoms with E-state index in [4.69, 9.17) is 20.9 Å². The van der Waals surface area contributed by atoms with Gasteiger partial charge in [0.05, 0.1) is 0 Å². The fourth-order valence-electron chi connectivity index (χ4n) is 5.19. The molecule has 0 aliphatic heterocycles. The van der Waals surface area contributed by atoms with Gasteiger partial charge >= 0.3 is 0 Å². The molecule has 0 bridgehead atoms. The third kappa shape index (κ3) is 6.09. The van der Waals surface area contributed by atoms with Crippen molar-refractivity contribution < 1.29 is 9.47 Å². The Balaban J connectivity index is 1.41. The zero-order chi connectivity index (χ0) is 29.8. The van der Waals surface area contributed by atoms with Gasteiger partial charge in [-0.15, -0.1) is 0 Å². The third-order valence-electron chi connectivity index (χ3n) is 7.79. The van der Waals surface area contributed by atoms with Gasteiger partial charge in [-0.2, -0.15) is 0 Å². The van der Waals surface area contributed by atoms with Gasteiger partial charge in [-0.25, -0.2) is 0 Å². The van der Waals surface area contributed by atoms with Crippen LogP contribution in [-0.2, 0) is 5.41 Å². The minimum atomic E-state index is -0.327. The summed E-state index contributed by atoms with van der Waals surface area (Å²) >= 11 is 0. The van der Waals surface area contributed by atoms with Crippen molar-refractivity contribution in [1.82, 2.24) is 0 Å². The van der Waals surface area contributed by atoms with Crippen molar-refractivity contribution in [2.24, 2.45) is 0 Å². The van der Waals surface area contributed by atoms with E-state index in [0.717, 1.165) is 45.3 Å². The molecule has 212 valence electrons. The smallest absolute Gasteiger partial charge is 0.135 e. The predicted octanol–water partition coefficient (Wildman–Crippen LogP) is 10.1. The minimum Gasteiger partial charge on any atom is -0.457 e. The van der Waals surface area contributed by atoms with E-state index in [9.17, 15) is 0 Å². The Kier molecular flexibility index (Phi) is 7.59. The molecule has 6 aromatic rings. The van der Waals surface area contributed by atoms with E-state index in [2.05, 4.69) is 74.5 Å². The summed E-state index contributed by atoms with van der Waals surface area (Å²) in [6.45, 7) is 4.50. The maximum absolute atomic E-state index is 6.37. The van der Waals surface area contributed by atoms with Crippen molar-refractivity contribution >= 4 is 11.4 Å². The summed E-state index contributed by atoms with van der Waals surface area (Å²) in [4.78, 5) is 0. The van der Waals surface area contributed by atoms with Crippen LogP contribution in [-0.4, -0.2) is 0 Å². The highest BCUT2D eigenvalue weighted by Crippen LogP contribution is 2.42. The molecule has 0 fully saturated rings. The number of nitrogens with two attached hydrogens (primary N) is 2. The second-order valence-electron chi connectivity index (χ2n) is 11.1. The molecule has 0 heterocycles. The van der Waals surface area contributed by atoms with Crippen LogP contribution in [0.3, 0.4) is 0 Å². The number of anilines is 2. The highest BCUT2D eigenvalue weighted by molar-refractivity contribution is 5.74. The summed E-state index contributed by atoms with van der Waals surface area (Å²) in [7, 11) is 0. The average molecular weight is 563 g/mol. The first-order valence-electron chi connectivity index (χ1n) is 14.3. The SMILES string of the molecule is CC(C)(c1ccc(Oc2ccc(N)cc2)c(-c2ccccc2)c1)c1ccc(Oc2ccc(N)cc2)c(-c2ccccc2)c1.